The van der Waals surface area contributed by atoms with Crippen LogP contribution in [-0.2, 0) is 9.53 Å². The number of hydrogen-bond donors (Lipinski definition) is 3. The van der Waals surface area contributed by atoms with E-state index in [1.807, 2.05) is 0 Å². The molecule has 0 aliphatic rings. The Morgan fingerprint density at radius 2 is 1.25 bits per heavy atom. The van der Waals surface area contributed by atoms with Crippen LogP contribution in [0.3, 0.4) is 0 Å². The first-order chi connectivity index (χ1) is 11.5. The standard InChI is InChI=1S/C19H36O5/c1-3-4-5-6-7-8-9-10-11-12-13-14-15-16(20)17(21)18(22)19(23)24-2/h16,20-22H,3-15H2,1-2H3. The normalized spacial score (nSPS) is 13.5. The molecule has 0 saturated heterocycles. The average molecular weight is 344 g/mol. The highest BCUT2D eigenvalue weighted by Gasteiger charge is 2.20. The maximum atomic E-state index is 11.0. The summed E-state index contributed by atoms with van der Waals surface area (Å²) >= 11 is 0. The smallest absolute Gasteiger partial charge is 0.376 e. The summed E-state index contributed by atoms with van der Waals surface area (Å²) in [7, 11) is 1.10. The number of carbonyl (C=O) groups is 1. The minimum Gasteiger partial charge on any atom is -0.506 e. The largest absolute Gasteiger partial charge is 0.506 e. The summed E-state index contributed by atoms with van der Waals surface area (Å²) in [5.41, 5.74) is 0. The van der Waals surface area contributed by atoms with Crippen molar-refractivity contribution in [2.24, 2.45) is 0 Å². The van der Waals surface area contributed by atoms with Crippen LogP contribution in [0.25, 0.3) is 0 Å². The van der Waals surface area contributed by atoms with Crippen LogP contribution in [0.15, 0.2) is 11.5 Å². The van der Waals surface area contributed by atoms with E-state index in [9.17, 15) is 20.1 Å². The van der Waals surface area contributed by atoms with Gasteiger partial charge in [-0.05, 0) is 6.42 Å². The molecule has 24 heavy (non-hydrogen) atoms. The average Bonchev–Trinajstić information content (AvgIpc) is 2.60. The SMILES string of the molecule is CCCCCCCCCCCCCCC(O)C(O)=C(O)C(=O)OC. The van der Waals surface area contributed by atoms with Crippen molar-refractivity contribution in [1.29, 1.82) is 0 Å². The molecular formula is C19H36O5. The van der Waals surface area contributed by atoms with Crippen molar-refractivity contribution in [3.05, 3.63) is 11.5 Å². The lowest BCUT2D eigenvalue weighted by molar-refractivity contribution is -0.139. The van der Waals surface area contributed by atoms with E-state index in [0.717, 1.165) is 26.4 Å². The van der Waals surface area contributed by atoms with Crippen LogP contribution in [0.5, 0.6) is 0 Å². The summed E-state index contributed by atoms with van der Waals surface area (Å²) in [6.07, 6.45) is 13.7. The second kappa shape index (κ2) is 15.3. The van der Waals surface area contributed by atoms with Gasteiger partial charge in [0.1, 0.15) is 6.10 Å². The monoisotopic (exact) mass is 344 g/mol. The van der Waals surface area contributed by atoms with E-state index in [4.69, 9.17) is 0 Å². The topological polar surface area (TPSA) is 87.0 Å². The summed E-state index contributed by atoms with van der Waals surface area (Å²) in [6, 6.07) is 0. The Bertz CT molecular complexity index is 352. The van der Waals surface area contributed by atoms with E-state index < -0.39 is 23.6 Å². The molecule has 0 bridgehead atoms. The molecule has 0 aliphatic heterocycles. The van der Waals surface area contributed by atoms with Crippen molar-refractivity contribution in [2.45, 2.75) is 96.5 Å². The number of methoxy groups -OCH3 is 1. The molecule has 1 atom stereocenters. The first-order valence-corrected chi connectivity index (χ1v) is 9.43. The molecule has 0 saturated carbocycles. The number of ether oxygens (including phenoxy) is 1. The molecule has 0 fully saturated rings. The predicted octanol–water partition coefficient (Wildman–Crippen LogP) is 4.94. The fraction of sp³-hybridized carbons (Fsp3) is 0.842. The molecule has 142 valence electrons. The lowest BCUT2D eigenvalue weighted by Gasteiger charge is -2.11. The number of esters is 1. The van der Waals surface area contributed by atoms with Crippen LogP contribution < -0.4 is 0 Å². The van der Waals surface area contributed by atoms with Gasteiger partial charge in [-0.3, -0.25) is 0 Å². The summed E-state index contributed by atoms with van der Waals surface area (Å²) in [4.78, 5) is 11.0. The van der Waals surface area contributed by atoms with Gasteiger partial charge in [0.05, 0.1) is 7.11 Å². The van der Waals surface area contributed by atoms with Gasteiger partial charge in [-0.25, -0.2) is 4.79 Å². The Kier molecular flexibility index (Phi) is 14.5. The van der Waals surface area contributed by atoms with E-state index in [1.54, 1.807) is 0 Å². The third-order valence-corrected chi connectivity index (χ3v) is 4.27. The van der Waals surface area contributed by atoms with Crippen LogP contribution in [-0.4, -0.2) is 34.5 Å². The van der Waals surface area contributed by atoms with Crippen molar-refractivity contribution in [3.8, 4) is 0 Å². The van der Waals surface area contributed by atoms with Gasteiger partial charge >= 0.3 is 5.97 Å². The van der Waals surface area contributed by atoms with E-state index in [0.29, 0.717) is 6.42 Å². The van der Waals surface area contributed by atoms with Crippen LogP contribution in [0, 0.1) is 0 Å². The molecule has 0 aromatic rings. The molecule has 0 radical (unpaired) electrons. The molecule has 0 amide bonds. The quantitative estimate of drug-likeness (QED) is 0.169. The van der Waals surface area contributed by atoms with Gasteiger partial charge in [0.25, 0.3) is 0 Å². The molecular weight excluding hydrogens is 308 g/mol. The van der Waals surface area contributed by atoms with Crippen LogP contribution >= 0.6 is 0 Å². The van der Waals surface area contributed by atoms with Crippen LogP contribution in [0.1, 0.15) is 90.4 Å². The van der Waals surface area contributed by atoms with E-state index in [2.05, 4.69) is 11.7 Å². The molecule has 5 heteroatoms. The van der Waals surface area contributed by atoms with Crippen molar-refractivity contribution in [3.63, 3.8) is 0 Å². The molecule has 1 unspecified atom stereocenters. The van der Waals surface area contributed by atoms with Crippen molar-refractivity contribution >= 4 is 5.97 Å². The third kappa shape index (κ3) is 11.3. The summed E-state index contributed by atoms with van der Waals surface area (Å²) in [5.74, 6) is -2.66. The molecule has 0 spiro atoms. The first-order valence-electron chi connectivity index (χ1n) is 9.43. The van der Waals surface area contributed by atoms with Crippen molar-refractivity contribution in [2.75, 3.05) is 7.11 Å². The highest BCUT2D eigenvalue weighted by molar-refractivity contribution is 5.86. The Morgan fingerprint density at radius 1 is 0.833 bits per heavy atom. The lowest BCUT2D eigenvalue weighted by atomic mass is 10.0. The molecule has 0 aliphatic carbocycles. The maximum absolute atomic E-state index is 11.0. The Labute approximate surface area is 146 Å². The van der Waals surface area contributed by atoms with E-state index in [1.165, 1.54) is 57.8 Å². The number of aliphatic hydroxyl groups excluding tert-OH is 3. The van der Waals surface area contributed by atoms with Gasteiger partial charge in [-0.15, -0.1) is 0 Å². The third-order valence-electron chi connectivity index (χ3n) is 4.27. The second-order valence-corrected chi connectivity index (χ2v) is 6.42. The fourth-order valence-corrected chi connectivity index (χ4v) is 2.67. The van der Waals surface area contributed by atoms with Crippen molar-refractivity contribution < 1.29 is 24.9 Å². The van der Waals surface area contributed by atoms with E-state index >= 15 is 0 Å². The Balaban J connectivity index is 3.55. The zero-order valence-electron chi connectivity index (χ0n) is 15.4. The minimum absolute atomic E-state index is 0.324. The summed E-state index contributed by atoms with van der Waals surface area (Å²) < 4.78 is 4.28. The molecule has 0 heterocycles. The molecule has 0 aromatic heterocycles. The van der Waals surface area contributed by atoms with Gasteiger partial charge in [0.15, 0.2) is 5.76 Å². The maximum Gasteiger partial charge on any atom is 0.376 e. The summed E-state index contributed by atoms with van der Waals surface area (Å²) in [6.45, 7) is 2.23. The highest BCUT2D eigenvalue weighted by Crippen LogP contribution is 2.15. The fourth-order valence-electron chi connectivity index (χ4n) is 2.67. The zero-order chi connectivity index (χ0) is 18.2. The van der Waals surface area contributed by atoms with E-state index in [-0.39, 0.29) is 0 Å². The lowest BCUT2D eigenvalue weighted by Crippen LogP contribution is -2.17. The number of unbranched alkanes of at least 4 members (excludes halogenated alkanes) is 11. The molecule has 0 rings (SSSR count). The van der Waals surface area contributed by atoms with Crippen LogP contribution in [0.2, 0.25) is 0 Å². The van der Waals surface area contributed by atoms with Crippen LogP contribution in [0.4, 0.5) is 0 Å². The molecule has 0 aromatic carbocycles. The minimum atomic E-state index is -1.22. The number of aliphatic hydroxyl groups is 3. The molecule has 5 nitrogen and oxygen atoms in total. The highest BCUT2D eigenvalue weighted by atomic mass is 16.5. The number of rotatable bonds is 15. The van der Waals surface area contributed by atoms with Gasteiger partial charge in [-0.2, -0.15) is 0 Å². The van der Waals surface area contributed by atoms with Crippen molar-refractivity contribution in [1.82, 2.24) is 0 Å². The number of hydrogen-bond acceptors (Lipinski definition) is 5. The molecule has 3 N–H and O–H groups in total. The predicted molar refractivity (Wildman–Crippen MR) is 96.0 cm³/mol. The zero-order valence-corrected chi connectivity index (χ0v) is 15.4. The Morgan fingerprint density at radius 3 is 1.67 bits per heavy atom. The van der Waals surface area contributed by atoms with Gasteiger partial charge in [-0.1, -0.05) is 84.0 Å². The van der Waals surface area contributed by atoms with Gasteiger partial charge in [0, 0.05) is 0 Å². The van der Waals surface area contributed by atoms with Gasteiger partial charge < -0.3 is 20.1 Å². The Hall–Kier alpha value is -1.23. The van der Waals surface area contributed by atoms with Gasteiger partial charge in [0.2, 0.25) is 5.76 Å². The summed E-state index contributed by atoms with van der Waals surface area (Å²) in [5, 5.41) is 28.6. The second-order valence-electron chi connectivity index (χ2n) is 6.42. The number of carbonyl (C=O) groups excluding carboxylic acids is 1. The first kappa shape index (κ1) is 22.8.